The predicted molar refractivity (Wildman–Crippen MR) is 88.3 cm³/mol. The van der Waals surface area contributed by atoms with Crippen LogP contribution in [0, 0.1) is 19.9 Å². The van der Waals surface area contributed by atoms with Crippen LogP contribution in [0.5, 0.6) is 0 Å². The topological polar surface area (TPSA) is 43.6 Å². The minimum absolute atomic E-state index is 0. The first-order valence-corrected chi connectivity index (χ1v) is 7.84. The van der Waals surface area contributed by atoms with E-state index in [1.165, 1.54) is 11.1 Å². The third-order valence-electron chi connectivity index (χ3n) is 3.71. The summed E-state index contributed by atoms with van der Waals surface area (Å²) in [6.07, 6.45) is 1.59. The number of fused-ring (bicyclic) bond motifs is 1. The fourth-order valence-electron chi connectivity index (χ4n) is 2.71. The molecule has 4 nitrogen and oxygen atoms in total. The molecule has 0 aliphatic rings. The number of para-hydroxylation sites is 1. The van der Waals surface area contributed by atoms with E-state index >= 15 is 0 Å². The second-order valence-electron chi connectivity index (χ2n) is 5.16. The van der Waals surface area contributed by atoms with Gasteiger partial charge in [-0.25, -0.2) is 0 Å². The van der Waals surface area contributed by atoms with Gasteiger partial charge in [0.15, 0.2) is 0 Å². The van der Waals surface area contributed by atoms with Gasteiger partial charge in [0.25, 0.3) is 0 Å². The monoisotopic (exact) mass is 498 g/mol. The normalized spacial score (nSPS) is 10.7. The van der Waals surface area contributed by atoms with Gasteiger partial charge >= 0.3 is 0 Å². The molecule has 0 bridgehead atoms. The quantitative estimate of drug-likeness (QED) is 0.394. The number of aryl methyl sites for hydroxylation is 2. The van der Waals surface area contributed by atoms with Gasteiger partial charge in [0.05, 0.1) is 17.0 Å². The number of hydrogen-bond acceptors (Lipinski definition) is 4. The van der Waals surface area contributed by atoms with Gasteiger partial charge in [-0.15, -0.1) is 18.2 Å². The molecule has 23 heavy (non-hydrogen) atoms. The van der Waals surface area contributed by atoms with E-state index in [4.69, 9.17) is 0 Å². The smallest absolute Gasteiger partial charge is 0.127 e. The molecule has 0 aliphatic heterocycles. The van der Waals surface area contributed by atoms with Crippen LogP contribution in [0.15, 0.2) is 42.2 Å². The Morgan fingerprint density at radius 3 is 2.65 bits per heavy atom. The summed E-state index contributed by atoms with van der Waals surface area (Å²) >= 11 is 1.60. The molecule has 0 unspecified atom stereocenters. The SMILES string of the molecule is Cc1cccc(C)c1-n1ncnc1-c1[c-]ccc2ncsc12.[Ir]. The van der Waals surface area contributed by atoms with E-state index in [0.29, 0.717) is 0 Å². The van der Waals surface area contributed by atoms with Crippen LogP contribution in [0.1, 0.15) is 11.1 Å². The molecule has 4 aromatic rings. The number of hydrogen-bond donors (Lipinski definition) is 0. The Morgan fingerprint density at radius 1 is 1.09 bits per heavy atom. The van der Waals surface area contributed by atoms with E-state index in [0.717, 1.165) is 27.3 Å². The molecule has 2 aromatic heterocycles. The van der Waals surface area contributed by atoms with E-state index in [1.807, 2.05) is 22.3 Å². The maximum absolute atomic E-state index is 4.47. The summed E-state index contributed by atoms with van der Waals surface area (Å²) in [5, 5.41) is 4.45. The summed E-state index contributed by atoms with van der Waals surface area (Å²) in [6, 6.07) is 13.4. The average Bonchev–Trinajstić information content (AvgIpc) is 3.15. The summed E-state index contributed by atoms with van der Waals surface area (Å²) < 4.78 is 2.98. The molecule has 117 valence electrons. The second-order valence-corrected chi connectivity index (χ2v) is 6.01. The van der Waals surface area contributed by atoms with Crippen molar-refractivity contribution in [3.8, 4) is 17.1 Å². The molecule has 6 heteroatoms. The third kappa shape index (κ3) is 2.63. The van der Waals surface area contributed by atoms with Gasteiger partial charge < -0.3 is 0 Å². The van der Waals surface area contributed by atoms with Crippen LogP contribution in [-0.4, -0.2) is 19.7 Å². The van der Waals surface area contributed by atoms with Crippen LogP contribution in [0.4, 0.5) is 0 Å². The minimum atomic E-state index is 0. The van der Waals surface area contributed by atoms with Gasteiger partial charge in [-0.3, -0.25) is 14.6 Å². The molecule has 0 atom stereocenters. The number of nitrogens with zero attached hydrogens (tertiary/aromatic N) is 4. The molecule has 0 fully saturated rings. The van der Waals surface area contributed by atoms with E-state index < -0.39 is 0 Å². The third-order valence-corrected chi connectivity index (χ3v) is 4.57. The molecule has 1 radical (unpaired) electrons. The van der Waals surface area contributed by atoms with Gasteiger partial charge in [0, 0.05) is 20.1 Å². The van der Waals surface area contributed by atoms with Crippen molar-refractivity contribution >= 4 is 21.6 Å². The van der Waals surface area contributed by atoms with Crippen molar-refractivity contribution in [2.75, 3.05) is 0 Å². The zero-order valence-corrected chi connectivity index (χ0v) is 15.8. The van der Waals surface area contributed by atoms with Gasteiger partial charge in [0.1, 0.15) is 6.33 Å². The summed E-state index contributed by atoms with van der Waals surface area (Å²) in [4.78, 5) is 8.84. The van der Waals surface area contributed by atoms with Gasteiger partial charge in [-0.1, -0.05) is 23.8 Å². The molecular weight excluding hydrogens is 484 g/mol. The summed E-state index contributed by atoms with van der Waals surface area (Å²) in [7, 11) is 0. The number of rotatable bonds is 2. The predicted octanol–water partition coefficient (Wildman–Crippen LogP) is 3.96. The first-order chi connectivity index (χ1) is 10.8. The molecule has 0 amide bonds. The maximum Gasteiger partial charge on any atom is 0.127 e. The number of aromatic nitrogens is 4. The molecule has 4 rings (SSSR count). The van der Waals surface area contributed by atoms with Crippen LogP contribution in [-0.2, 0) is 20.1 Å². The Morgan fingerprint density at radius 2 is 1.87 bits per heavy atom. The van der Waals surface area contributed by atoms with E-state index in [2.05, 4.69) is 53.2 Å². The minimum Gasteiger partial charge on any atom is -0.265 e. The van der Waals surface area contributed by atoms with E-state index in [-0.39, 0.29) is 20.1 Å². The van der Waals surface area contributed by atoms with Crippen molar-refractivity contribution in [2.24, 2.45) is 0 Å². The Kier molecular flexibility index (Phi) is 4.39. The molecule has 2 aromatic carbocycles. The van der Waals surface area contributed by atoms with E-state index in [9.17, 15) is 0 Å². The van der Waals surface area contributed by atoms with Gasteiger partial charge in [-0.2, -0.15) is 16.4 Å². The molecular formula is C17H13IrN4S-. The van der Waals surface area contributed by atoms with Crippen LogP contribution < -0.4 is 0 Å². The van der Waals surface area contributed by atoms with Crippen molar-refractivity contribution in [3.05, 3.63) is 59.4 Å². The van der Waals surface area contributed by atoms with Crippen LogP contribution >= 0.6 is 11.3 Å². The largest absolute Gasteiger partial charge is 0.265 e. The Bertz CT molecular complexity index is 953. The van der Waals surface area contributed by atoms with E-state index in [1.54, 1.807) is 17.7 Å². The standard InChI is InChI=1S/C17H13N4S.Ir/c1-11-5-3-6-12(2)15(11)21-17(18-9-20-21)13-7-4-8-14-16(13)22-10-19-14;/h3-6,8-10H,1-2H3;/q-1;. The number of thiazole rings is 1. The van der Waals surface area contributed by atoms with Gasteiger partial charge in [-0.05, 0) is 35.2 Å². The average molecular weight is 498 g/mol. The van der Waals surface area contributed by atoms with Crippen molar-refractivity contribution < 1.29 is 20.1 Å². The fourth-order valence-corrected chi connectivity index (χ4v) is 3.49. The molecule has 0 saturated heterocycles. The van der Waals surface area contributed by atoms with Gasteiger partial charge in [0.2, 0.25) is 0 Å². The zero-order chi connectivity index (χ0) is 15.1. The zero-order valence-electron chi connectivity index (χ0n) is 12.6. The van der Waals surface area contributed by atoms with Crippen LogP contribution in [0.3, 0.4) is 0 Å². The Hall–Kier alpha value is -1.88. The first kappa shape index (κ1) is 16.0. The molecule has 0 spiro atoms. The first-order valence-electron chi connectivity index (χ1n) is 6.96. The van der Waals surface area contributed by atoms with Crippen LogP contribution in [0.2, 0.25) is 0 Å². The van der Waals surface area contributed by atoms with Crippen LogP contribution in [0.25, 0.3) is 27.3 Å². The summed E-state index contributed by atoms with van der Waals surface area (Å²) in [6.45, 7) is 4.18. The number of benzene rings is 2. The Balaban J connectivity index is 0.00000156. The van der Waals surface area contributed by atoms with Crippen molar-refractivity contribution in [1.82, 2.24) is 19.7 Å². The molecule has 0 N–H and O–H groups in total. The van der Waals surface area contributed by atoms with Crippen molar-refractivity contribution in [2.45, 2.75) is 13.8 Å². The Labute approximate surface area is 151 Å². The summed E-state index contributed by atoms with van der Waals surface area (Å²) in [5.74, 6) is 0.798. The van der Waals surface area contributed by atoms with Crippen molar-refractivity contribution in [3.63, 3.8) is 0 Å². The second kappa shape index (κ2) is 6.32. The fraction of sp³-hybridized carbons (Fsp3) is 0.118. The summed E-state index contributed by atoms with van der Waals surface area (Å²) in [5.41, 5.74) is 7.17. The molecule has 2 heterocycles. The molecule has 0 aliphatic carbocycles. The van der Waals surface area contributed by atoms with Crippen molar-refractivity contribution in [1.29, 1.82) is 0 Å². The maximum atomic E-state index is 4.47. The molecule has 0 saturated carbocycles.